The Morgan fingerprint density at radius 3 is 2.18 bits per heavy atom. The van der Waals surface area contributed by atoms with Crippen molar-refractivity contribution < 1.29 is 28.7 Å². The molecule has 0 radical (unpaired) electrons. The van der Waals surface area contributed by atoms with Crippen molar-refractivity contribution in [1.29, 1.82) is 0 Å². The largest absolute Gasteiger partial charge is 0.497 e. The van der Waals surface area contributed by atoms with Crippen LogP contribution in [-0.2, 0) is 16.1 Å². The van der Waals surface area contributed by atoms with Crippen molar-refractivity contribution in [2.75, 3.05) is 19.1 Å². The number of amides is 4. The molecule has 0 N–H and O–H groups in total. The van der Waals surface area contributed by atoms with Crippen LogP contribution in [0, 0.1) is 0 Å². The van der Waals surface area contributed by atoms with Gasteiger partial charge in [0.1, 0.15) is 11.5 Å². The summed E-state index contributed by atoms with van der Waals surface area (Å²) in [5.41, 5.74) is 1.12. The third kappa shape index (κ3) is 3.32. The van der Waals surface area contributed by atoms with E-state index in [0.717, 1.165) is 9.80 Å². The zero-order valence-corrected chi connectivity index (χ0v) is 15.6. The van der Waals surface area contributed by atoms with Crippen LogP contribution < -0.4 is 14.4 Å². The number of nitrogens with zero attached hydrogens (tertiary/aromatic N) is 2. The zero-order chi connectivity index (χ0) is 20.4. The highest BCUT2D eigenvalue weighted by atomic mass is 16.5. The van der Waals surface area contributed by atoms with E-state index in [1.54, 1.807) is 30.3 Å². The predicted molar refractivity (Wildman–Crippen MR) is 99.4 cm³/mol. The Morgan fingerprint density at radius 2 is 1.61 bits per heavy atom. The second kappa shape index (κ2) is 7.51. The molecule has 0 bridgehead atoms. The van der Waals surface area contributed by atoms with Gasteiger partial charge in [0.2, 0.25) is 0 Å². The number of urea groups is 1. The summed E-state index contributed by atoms with van der Waals surface area (Å²) in [5.74, 6) is -1.11. The minimum Gasteiger partial charge on any atom is -0.497 e. The van der Waals surface area contributed by atoms with Crippen LogP contribution in [0.4, 0.5) is 10.5 Å². The number of hydrogen-bond donors (Lipinski definition) is 0. The van der Waals surface area contributed by atoms with Gasteiger partial charge in [-0.3, -0.25) is 19.3 Å². The van der Waals surface area contributed by atoms with Crippen molar-refractivity contribution >= 4 is 29.3 Å². The van der Waals surface area contributed by atoms with Crippen LogP contribution in [0.3, 0.4) is 0 Å². The lowest BCUT2D eigenvalue weighted by atomic mass is 10.1. The molecule has 1 fully saturated rings. The van der Waals surface area contributed by atoms with Gasteiger partial charge in [0.05, 0.1) is 26.5 Å². The van der Waals surface area contributed by atoms with Crippen molar-refractivity contribution in [1.82, 2.24) is 4.90 Å². The predicted octanol–water partition coefficient (Wildman–Crippen LogP) is 2.40. The number of methoxy groups -OCH3 is 2. The van der Waals surface area contributed by atoms with Gasteiger partial charge in [-0.05, 0) is 49.4 Å². The molecule has 1 aliphatic heterocycles. The first kappa shape index (κ1) is 19.1. The number of rotatable bonds is 6. The molecule has 8 heteroatoms. The summed E-state index contributed by atoms with van der Waals surface area (Å²) in [6, 6.07) is 10.2. The highest BCUT2D eigenvalue weighted by molar-refractivity contribution is 6.52. The number of carbonyl (C=O) groups is 4. The highest BCUT2D eigenvalue weighted by Crippen LogP contribution is 2.28. The van der Waals surface area contributed by atoms with Crippen molar-refractivity contribution in [3.63, 3.8) is 0 Å². The molecule has 8 nitrogen and oxygen atoms in total. The summed E-state index contributed by atoms with van der Waals surface area (Å²) < 4.78 is 10.3. The van der Waals surface area contributed by atoms with Gasteiger partial charge >= 0.3 is 17.8 Å². The van der Waals surface area contributed by atoms with Crippen LogP contribution in [-0.4, -0.2) is 42.7 Å². The Kier molecular flexibility index (Phi) is 5.12. The normalized spacial score (nSPS) is 13.9. The average molecular weight is 382 g/mol. The minimum atomic E-state index is -0.948. The first-order chi connectivity index (χ1) is 13.4. The molecule has 1 heterocycles. The maximum absolute atomic E-state index is 12.8. The number of Topliss-reactive ketones (excluding diaryl/α,β-unsaturated/α-hetero) is 1. The molecule has 0 aliphatic carbocycles. The van der Waals surface area contributed by atoms with Crippen LogP contribution in [0.5, 0.6) is 11.5 Å². The molecule has 4 amide bonds. The number of carbonyl (C=O) groups excluding carboxylic acids is 4. The third-order valence-electron chi connectivity index (χ3n) is 4.40. The lowest BCUT2D eigenvalue weighted by Crippen LogP contribution is -2.33. The van der Waals surface area contributed by atoms with E-state index < -0.39 is 17.8 Å². The Bertz CT molecular complexity index is 967. The van der Waals surface area contributed by atoms with E-state index in [9.17, 15) is 19.2 Å². The fraction of sp³-hybridized carbons (Fsp3) is 0.200. The van der Waals surface area contributed by atoms with Crippen LogP contribution in [0.15, 0.2) is 42.5 Å². The molecule has 28 heavy (non-hydrogen) atoms. The Balaban J connectivity index is 1.92. The van der Waals surface area contributed by atoms with Gasteiger partial charge in [-0.15, -0.1) is 0 Å². The Morgan fingerprint density at radius 1 is 0.929 bits per heavy atom. The zero-order valence-electron chi connectivity index (χ0n) is 15.6. The standard InChI is InChI=1S/C20H18N2O6/c1-12(23)13-4-9-17(28-3)14(10-13)11-21-18(24)19(25)22(20(21)26)15-5-7-16(27-2)8-6-15/h4-10H,11H2,1-3H3. The first-order valence-corrected chi connectivity index (χ1v) is 8.39. The first-order valence-electron chi connectivity index (χ1n) is 8.39. The molecule has 0 atom stereocenters. The number of ether oxygens (including phenoxy) is 2. The highest BCUT2D eigenvalue weighted by Gasteiger charge is 2.45. The van der Waals surface area contributed by atoms with Gasteiger partial charge in [0, 0.05) is 11.1 Å². The summed E-state index contributed by atoms with van der Waals surface area (Å²) in [7, 11) is 2.93. The molecule has 0 spiro atoms. The van der Waals surface area contributed by atoms with E-state index in [0.29, 0.717) is 22.6 Å². The van der Waals surface area contributed by atoms with Crippen molar-refractivity contribution in [3.8, 4) is 11.5 Å². The molecule has 1 aliphatic rings. The van der Waals surface area contributed by atoms with Gasteiger partial charge in [-0.1, -0.05) is 0 Å². The molecule has 0 saturated carbocycles. The molecule has 0 unspecified atom stereocenters. The van der Waals surface area contributed by atoms with Gasteiger partial charge < -0.3 is 9.47 Å². The number of ketones is 1. The molecule has 0 aromatic heterocycles. The molecule has 1 saturated heterocycles. The quantitative estimate of drug-likeness (QED) is 0.433. The number of hydrogen-bond acceptors (Lipinski definition) is 6. The molecule has 144 valence electrons. The topological polar surface area (TPSA) is 93.2 Å². The van der Waals surface area contributed by atoms with Gasteiger partial charge in [0.25, 0.3) is 0 Å². The van der Waals surface area contributed by atoms with Crippen molar-refractivity contribution in [3.05, 3.63) is 53.6 Å². The fourth-order valence-corrected chi connectivity index (χ4v) is 2.90. The summed E-state index contributed by atoms with van der Waals surface area (Å²) in [4.78, 5) is 50.9. The number of anilines is 1. The van der Waals surface area contributed by atoms with Crippen LogP contribution >= 0.6 is 0 Å². The van der Waals surface area contributed by atoms with Crippen molar-refractivity contribution in [2.24, 2.45) is 0 Å². The summed E-state index contributed by atoms with van der Waals surface area (Å²) in [5, 5.41) is 0. The second-order valence-electron chi connectivity index (χ2n) is 6.10. The molecular formula is C20H18N2O6. The Hall–Kier alpha value is -3.68. The van der Waals surface area contributed by atoms with Crippen LogP contribution in [0.1, 0.15) is 22.8 Å². The number of imide groups is 2. The molecular weight excluding hydrogens is 364 g/mol. The molecule has 2 aromatic rings. The van der Waals surface area contributed by atoms with Gasteiger partial charge in [-0.25, -0.2) is 9.69 Å². The minimum absolute atomic E-state index is 0.168. The Labute approximate surface area is 161 Å². The van der Waals surface area contributed by atoms with Gasteiger partial charge in [-0.2, -0.15) is 0 Å². The van der Waals surface area contributed by atoms with E-state index in [-0.39, 0.29) is 18.0 Å². The van der Waals surface area contributed by atoms with Crippen LogP contribution in [0.2, 0.25) is 0 Å². The monoisotopic (exact) mass is 382 g/mol. The number of benzene rings is 2. The third-order valence-corrected chi connectivity index (χ3v) is 4.40. The smallest absolute Gasteiger partial charge is 0.339 e. The lowest BCUT2D eigenvalue weighted by molar-refractivity contribution is -0.139. The van der Waals surface area contributed by atoms with E-state index in [2.05, 4.69) is 0 Å². The van der Waals surface area contributed by atoms with E-state index in [4.69, 9.17) is 9.47 Å². The maximum Gasteiger partial charge on any atom is 0.339 e. The lowest BCUT2D eigenvalue weighted by Gasteiger charge is -2.17. The fourth-order valence-electron chi connectivity index (χ4n) is 2.90. The molecule has 3 rings (SSSR count). The average Bonchev–Trinajstić information content (AvgIpc) is 2.91. The van der Waals surface area contributed by atoms with Crippen LogP contribution in [0.25, 0.3) is 0 Å². The maximum atomic E-state index is 12.8. The summed E-state index contributed by atoms with van der Waals surface area (Å²) in [6.07, 6.45) is 0. The van der Waals surface area contributed by atoms with Crippen molar-refractivity contribution in [2.45, 2.75) is 13.5 Å². The molecule has 2 aromatic carbocycles. The van der Waals surface area contributed by atoms with E-state index >= 15 is 0 Å². The SMILES string of the molecule is COc1ccc(N2C(=O)C(=O)N(Cc3cc(C(C)=O)ccc3OC)C2=O)cc1. The van der Waals surface area contributed by atoms with E-state index in [1.807, 2.05) is 0 Å². The van der Waals surface area contributed by atoms with E-state index in [1.165, 1.54) is 33.3 Å². The summed E-state index contributed by atoms with van der Waals surface area (Å²) in [6.45, 7) is 1.22. The van der Waals surface area contributed by atoms with Gasteiger partial charge in [0.15, 0.2) is 5.78 Å². The second-order valence-corrected chi connectivity index (χ2v) is 6.10. The summed E-state index contributed by atoms with van der Waals surface area (Å²) >= 11 is 0.